The molecule has 1 aromatic heterocycles. The van der Waals surface area contributed by atoms with Crippen LogP contribution in [0.1, 0.15) is 27.0 Å². The largest absolute Gasteiger partial charge is 0.384 e. The van der Waals surface area contributed by atoms with Crippen LogP contribution in [0.15, 0.2) is 53.0 Å². The Hall–Kier alpha value is -2.84. The number of aryl methyl sites for hydroxylation is 1. The zero-order valence-corrected chi connectivity index (χ0v) is 14.5. The highest BCUT2D eigenvalue weighted by atomic mass is 79.9. The van der Waals surface area contributed by atoms with Crippen LogP contribution in [0, 0.1) is 18.3 Å². The number of aromatic amines is 1. The molecule has 0 radical (unpaired) electrons. The van der Waals surface area contributed by atoms with E-state index in [4.69, 9.17) is 5.73 Å². The van der Waals surface area contributed by atoms with Gasteiger partial charge in [0.2, 0.25) is 0 Å². The molecule has 3 aromatic rings. The summed E-state index contributed by atoms with van der Waals surface area (Å²) in [5, 5.41) is 9.43. The quantitative estimate of drug-likeness (QED) is 0.659. The summed E-state index contributed by atoms with van der Waals surface area (Å²) in [6.45, 7) is 1.95. The maximum absolute atomic E-state index is 13.0. The molecule has 2 aromatic carbocycles. The van der Waals surface area contributed by atoms with Crippen LogP contribution in [-0.4, -0.2) is 10.8 Å². The fourth-order valence-electron chi connectivity index (χ4n) is 2.54. The summed E-state index contributed by atoms with van der Waals surface area (Å²) in [6, 6.07) is 16.8. The highest BCUT2D eigenvalue weighted by Crippen LogP contribution is 2.32. The molecule has 3 N–H and O–H groups in total. The average Bonchev–Trinajstić information content (AvgIpc) is 2.92. The molecule has 1 heterocycles. The second kappa shape index (κ2) is 6.34. The van der Waals surface area contributed by atoms with E-state index in [-0.39, 0.29) is 17.2 Å². The first-order valence-electron chi connectivity index (χ1n) is 7.30. The smallest absolute Gasteiger partial charge is 0.196 e. The Morgan fingerprint density at radius 1 is 1.12 bits per heavy atom. The summed E-state index contributed by atoms with van der Waals surface area (Å²) in [6.07, 6.45) is 0. The average molecular weight is 380 g/mol. The number of nitrogens with zero attached hydrogens (tertiary/aromatic N) is 1. The predicted octanol–water partition coefficient (Wildman–Crippen LogP) is 4.44. The molecule has 0 aliphatic heterocycles. The fraction of sp³-hybridized carbons (Fsp3) is 0.0526. The van der Waals surface area contributed by atoms with Gasteiger partial charge in [0.05, 0.1) is 11.3 Å². The Bertz CT molecular complexity index is 948. The first-order chi connectivity index (χ1) is 11.5. The summed E-state index contributed by atoms with van der Waals surface area (Å²) in [7, 11) is 0. The topological polar surface area (TPSA) is 82.7 Å². The Labute approximate surface area is 148 Å². The van der Waals surface area contributed by atoms with Crippen molar-refractivity contribution in [3.8, 4) is 17.3 Å². The third-order valence-corrected chi connectivity index (χ3v) is 4.34. The van der Waals surface area contributed by atoms with Crippen LogP contribution in [0.25, 0.3) is 11.3 Å². The van der Waals surface area contributed by atoms with Crippen molar-refractivity contribution in [2.24, 2.45) is 0 Å². The minimum Gasteiger partial charge on any atom is -0.384 e. The van der Waals surface area contributed by atoms with E-state index >= 15 is 0 Å². The van der Waals surface area contributed by atoms with E-state index < -0.39 is 0 Å². The number of benzene rings is 2. The van der Waals surface area contributed by atoms with Gasteiger partial charge in [-0.05, 0) is 24.6 Å². The molecule has 0 amide bonds. The van der Waals surface area contributed by atoms with Gasteiger partial charge in [-0.1, -0.05) is 57.9 Å². The lowest BCUT2D eigenvalue weighted by molar-refractivity contribution is 0.103. The molecule has 0 saturated heterocycles. The first kappa shape index (κ1) is 16.0. The number of carbonyl (C=O) groups excluding carboxylic acids is 1. The molecule has 0 aliphatic rings. The van der Waals surface area contributed by atoms with E-state index in [0.717, 1.165) is 15.6 Å². The third-order valence-electron chi connectivity index (χ3n) is 3.81. The van der Waals surface area contributed by atoms with Crippen molar-refractivity contribution in [2.75, 3.05) is 5.73 Å². The predicted molar refractivity (Wildman–Crippen MR) is 97.7 cm³/mol. The molecular weight excluding hydrogens is 366 g/mol. The van der Waals surface area contributed by atoms with Gasteiger partial charge in [-0.3, -0.25) is 4.79 Å². The maximum Gasteiger partial charge on any atom is 0.196 e. The SMILES string of the molecule is Cc1ccc(C(=O)c2c(-c3ccc(Br)cc3)[nH]c(N)c2C#N)cc1. The van der Waals surface area contributed by atoms with E-state index in [1.807, 2.05) is 49.4 Å². The normalized spacial score (nSPS) is 10.4. The molecule has 118 valence electrons. The van der Waals surface area contributed by atoms with Crippen molar-refractivity contribution in [1.82, 2.24) is 4.98 Å². The number of nitrogens with one attached hydrogen (secondary N) is 1. The molecule has 3 rings (SSSR count). The first-order valence-corrected chi connectivity index (χ1v) is 8.09. The Kier molecular flexibility index (Phi) is 4.24. The molecule has 24 heavy (non-hydrogen) atoms. The number of ketones is 1. The number of hydrogen-bond acceptors (Lipinski definition) is 3. The minimum absolute atomic E-state index is 0.179. The molecule has 0 saturated carbocycles. The number of H-pyrrole nitrogens is 1. The van der Waals surface area contributed by atoms with Crippen molar-refractivity contribution >= 4 is 27.5 Å². The van der Waals surface area contributed by atoms with Gasteiger partial charge in [-0.25, -0.2) is 0 Å². The molecule has 0 aliphatic carbocycles. The summed E-state index contributed by atoms with van der Waals surface area (Å²) in [5.41, 5.74) is 9.34. The molecular formula is C19H14BrN3O. The number of nitrogens with two attached hydrogens (primary N) is 1. The van der Waals surface area contributed by atoms with E-state index in [9.17, 15) is 10.1 Å². The lowest BCUT2D eigenvalue weighted by Crippen LogP contribution is -2.04. The van der Waals surface area contributed by atoms with Crippen molar-refractivity contribution in [1.29, 1.82) is 5.26 Å². The van der Waals surface area contributed by atoms with Crippen LogP contribution in [-0.2, 0) is 0 Å². The number of aromatic nitrogens is 1. The van der Waals surface area contributed by atoms with Gasteiger partial charge >= 0.3 is 0 Å². The van der Waals surface area contributed by atoms with Crippen LogP contribution in [0.3, 0.4) is 0 Å². The standard InChI is InChI=1S/C19H14BrN3O/c1-11-2-4-13(5-3-11)18(24)16-15(10-21)19(22)23-17(16)12-6-8-14(20)9-7-12/h2-9,23H,22H2,1H3. The van der Waals surface area contributed by atoms with Gasteiger partial charge in [-0.15, -0.1) is 0 Å². The molecule has 0 unspecified atom stereocenters. The molecule has 4 nitrogen and oxygen atoms in total. The van der Waals surface area contributed by atoms with Crippen molar-refractivity contribution in [3.05, 3.63) is 75.3 Å². The Morgan fingerprint density at radius 3 is 2.33 bits per heavy atom. The summed E-state index contributed by atoms with van der Waals surface area (Å²) < 4.78 is 0.928. The van der Waals surface area contributed by atoms with E-state index in [0.29, 0.717) is 16.8 Å². The van der Waals surface area contributed by atoms with E-state index in [2.05, 4.69) is 20.9 Å². The number of carbonyl (C=O) groups is 1. The van der Waals surface area contributed by atoms with Gasteiger partial charge in [0.15, 0.2) is 5.78 Å². The van der Waals surface area contributed by atoms with Gasteiger partial charge in [0.1, 0.15) is 17.5 Å². The number of nitrogen functional groups attached to an aromatic ring is 1. The fourth-order valence-corrected chi connectivity index (χ4v) is 2.81. The molecule has 5 heteroatoms. The van der Waals surface area contributed by atoms with Crippen LogP contribution < -0.4 is 5.73 Å². The van der Waals surface area contributed by atoms with Gasteiger partial charge < -0.3 is 10.7 Å². The van der Waals surface area contributed by atoms with Crippen molar-refractivity contribution in [2.45, 2.75) is 6.92 Å². The third kappa shape index (κ3) is 2.84. The maximum atomic E-state index is 13.0. The second-order valence-corrected chi connectivity index (χ2v) is 6.39. The van der Waals surface area contributed by atoms with Crippen molar-refractivity contribution < 1.29 is 4.79 Å². The van der Waals surface area contributed by atoms with Gasteiger partial charge in [0, 0.05) is 10.0 Å². The molecule has 0 fully saturated rings. The number of hydrogen-bond donors (Lipinski definition) is 2. The second-order valence-electron chi connectivity index (χ2n) is 5.48. The van der Waals surface area contributed by atoms with Crippen LogP contribution in [0.2, 0.25) is 0 Å². The lowest BCUT2D eigenvalue weighted by atomic mass is 9.96. The zero-order valence-electron chi connectivity index (χ0n) is 12.9. The van der Waals surface area contributed by atoms with Gasteiger partial charge in [-0.2, -0.15) is 5.26 Å². The monoisotopic (exact) mass is 379 g/mol. The molecule has 0 spiro atoms. The molecule has 0 bridgehead atoms. The minimum atomic E-state index is -0.225. The highest BCUT2D eigenvalue weighted by molar-refractivity contribution is 9.10. The van der Waals surface area contributed by atoms with Gasteiger partial charge in [0.25, 0.3) is 0 Å². The Morgan fingerprint density at radius 2 is 1.75 bits per heavy atom. The van der Waals surface area contributed by atoms with Crippen LogP contribution in [0.4, 0.5) is 5.82 Å². The summed E-state index contributed by atoms with van der Waals surface area (Å²) in [5.74, 6) is -0.0247. The summed E-state index contributed by atoms with van der Waals surface area (Å²) >= 11 is 3.39. The molecule has 0 atom stereocenters. The Balaban J connectivity index is 2.19. The number of nitriles is 1. The van der Waals surface area contributed by atoms with Crippen molar-refractivity contribution in [3.63, 3.8) is 0 Å². The van der Waals surface area contributed by atoms with Crippen LogP contribution in [0.5, 0.6) is 0 Å². The highest BCUT2D eigenvalue weighted by Gasteiger charge is 2.24. The zero-order chi connectivity index (χ0) is 17.3. The lowest BCUT2D eigenvalue weighted by Gasteiger charge is -2.05. The number of anilines is 1. The summed E-state index contributed by atoms with van der Waals surface area (Å²) in [4.78, 5) is 16.0. The van der Waals surface area contributed by atoms with E-state index in [1.165, 1.54) is 0 Å². The number of halogens is 1. The van der Waals surface area contributed by atoms with E-state index in [1.54, 1.807) is 12.1 Å². The number of rotatable bonds is 3. The van der Waals surface area contributed by atoms with Crippen LogP contribution >= 0.6 is 15.9 Å².